The molecule has 194 valence electrons. The Balaban J connectivity index is 1.30. The number of ether oxygens (including phenoxy) is 2. The molecule has 2 aliphatic heterocycles. The van der Waals surface area contributed by atoms with Gasteiger partial charge in [-0.3, -0.25) is 10.9 Å². The van der Waals surface area contributed by atoms with Crippen molar-refractivity contribution in [1.82, 2.24) is 19.7 Å². The summed E-state index contributed by atoms with van der Waals surface area (Å²) in [6, 6.07) is 16.8. The Labute approximate surface area is 221 Å². The molecule has 0 aliphatic carbocycles. The lowest BCUT2D eigenvalue weighted by atomic mass is 10.2. The predicted octanol–water partition coefficient (Wildman–Crippen LogP) is 3.95. The lowest BCUT2D eigenvalue weighted by molar-refractivity contribution is 0.0730. The molecule has 3 heterocycles. The topological polar surface area (TPSA) is 97.2 Å². The molecule has 0 radical (unpaired) electrons. The molecule has 1 aromatic heterocycles. The van der Waals surface area contributed by atoms with Crippen molar-refractivity contribution >= 4 is 38.3 Å². The van der Waals surface area contributed by atoms with Crippen LogP contribution in [0.2, 0.25) is 0 Å². The largest absolute Gasteiger partial charge is 0.497 e. The first-order valence-corrected chi connectivity index (χ1v) is 14.2. The molecule has 0 unspecified atom stereocenters. The molecule has 0 amide bonds. The molecule has 37 heavy (non-hydrogen) atoms. The first-order chi connectivity index (χ1) is 17.9. The third kappa shape index (κ3) is 5.26. The fraction of sp³-hybridized carbons (Fsp3) is 0.269. The van der Waals surface area contributed by atoms with Gasteiger partial charge in [0.1, 0.15) is 5.75 Å². The Bertz CT molecular complexity index is 1440. The van der Waals surface area contributed by atoms with Crippen LogP contribution in [0, 0.1) is 13.8 Å². The zero-order valence-corrected chi connectivity index (χ0v) is 22.5. The van der Waals surface area contributed by atoms with Gasteiger partial charge in [-0.25, -0.2) is 13.4 Å². The molecule has 0 bridgehead atoms. The number of nitrogens with zero attached hydrogens (tertiary/aromatic N) is 3. The number of methoxy groups -OCH3 is 1. The summed E-state index contributed by atoms with van der Waals surface area (Å²) < 4.78 is 39.9. The van der Waals surface area contributed by atoms with Crippen LogP contribution >= 0.6 is 11.8 Å². The van der Waals surface area contributed by atoms with E-state index in [4.69, 9.17) is 9.47 Å². The Morgan fingerprint density at radius 2 is 1.70 bits per heavy atom. The summed E-state index contributed by atoms with van der Waals surface area (Å²) in [5.74, 6) is 0.823. The van der Waals surface area contributed by atoms with Gasteiger partial charge in [0, 0.05) is 41.1 Å². The average molecular weight is 540 g/mol. The maximum atomic E-state index is 12.8. The molecule has 0 spiro atoms. The lowest BCUT2D eigenvalue weighted by Gasteiger charge is -2.26. The zero-order valence-electron chi connectivity index (χ0n) is 20.9. The van der Waals surface area contributed by atoms with Crippen LogP contribution < -0.4 is 15.6 Å². The van der Waals surface area contributed by atoms with Crippen LogP contribution in [0.25, 0.3) is 11.4 Å². The minimum Gasteiger partial charge on any atom is -0.497 e. The Morgan fingerprint density at radius 3 is 2.32 bits per heavy atom. The first-order valence-electron chi connectivity index (χ1n) is 11.9. The quantitative estimate of drug-likeness (QED) is 0.490. The van der Waals surface area contributed by atoms with Crippen molar-refractivity contribution in [3.63, 3.8) is 0 Å². The van der Waals surface area contributed by atoms with Crippen LogP contribution in [0.15, 0.2) is 69.9 Å². The van der Waals surface area contributed by atoms with Gasteiger partial charge in [-0.05, 0) is 68.4 Å². The van der Waals surface area contributed by atoms with E-state index in [1.807, 2.05) is 29.7 Å². The third-order valence-electron chi connectivity index (χ3n) is 6.32. The van der Waals surface area contributed by atoms with Crippen LogP contribution in [0.4, 0.5) is 5.69 Å². The van der Waals surface area contributed by atoms with Crippen molar-refractivity contribution in [2.45, 2.75) is 18.7 Å². The number of hydrogen-bond acceptors (Lipinski definition) is 7. The Morgan fingerprint density at radius 1 is 1.00 bits per heavy atom. The maximum absolute atomic E-state index is 12.8. The highest BCUT2D eigenvalue weighted by molar-refractivity contribution is 8.16. The fourth-order valence-electron chi connectivity index (χ4n) is 4.39. The zero-order chi connectivity index (χ0) is 26.0. The van der Waals surface area contributed by atoms with Crippen molar-refractivity contribution in [3.05, 3.63) is 77.0 Å². The number of morpholine rings is 1. The summed E-state index contributed by atoms with van der Waals surface area (Å²) in [7, 11) is -1.86. The summed E-state index contributed by atoms with van der Waals surface area (Å²) in [6.45, 7) is 5.76. The Kier molecular flexibility index (Phi) is 7.29. The smallest absolute Gasteiger partial charge is 0.243 e. The number of rotatable bonds is 6. The van der Waals surface area contributed by atoms with Gasteiger partial charge in [0.15, 0.2) is 5.17 Å². The third-order valence-corrected chi connectivity index (χ3v) is 9.00. The van der Waals surface area contributed by atoms with E-state index in [0.29, 0.717) is 37.2 Å². The first kappa shape index (κ1) is 25.4. The van der Waals surface area contributed by atoms with Gasteiger partial charge < -0.3 is 14.0 Å². The number of amidine groups is 1. The van der Waals surface area contributed by atoms with Gasteiger partial charge in [-0.15, -0.1) is 0 Å². The second-order valence-electron chi connectivity index (χ2n) is 8.64. The van der Waals surface area contributed by atoms with E-state index in [0.717, 1.165) is 34.1 Å². The maximum Gasteiger partial charge on any atom is 0.243 e. The van der Waals surface area contributed by atoms with Crippen molar-refractivity contribution in [2.24, 2.45) is 4.99 Å². The standard InChI is InChI=1S/C26H29N5O4S2/c1-18-16-24(19(2)31(18)21-6-8-22(34-3)9-7-21)25-17-36-26(29-28-25)27-20-4-10-23(11-5-20)37(32,33)30-12-14-35-15-13-30/h4-11,16-17,28H,12-15H2,1-3H3,(H,27,29). The van der Waals surface area contributed by atoms with E-state index < -0.39 is 10.0 Å². The van der Waals surface area contributed by atoms with Gasteiger partial charge >= 0.3 is 0 Å². The molecule has 1 fully saturated rings. The van der Waals surface area contributed by atoms with Crippen LogP contribution in [-0.4, -0.2) is 55.9 Å². The average Bonchev–Trinajstić information content (AvgIpc) is 3.23. The molecule has 0 saturated carbocycles. The minimum atomic E-state index is -3.53. The molecule has 5 rings (SSSR count). The molecule has 3 aromatic rings. The van der Waals surface area contributed by atoms with Crippen molar-refractivity contribution in [3.8, 4) is 11.4 Å². The molecule has 9 nitrogen and oxygen atoms in total. The Hall–Kier alpha value is -3.25. The highest BCUT2D eigenvalue weighted by atomic mass is 32.2. The van der Waals surface area contributed by atoms with E-state index >= 15 is 0 Å². The SMILES string of the molecule is COc1ccc(-n2c(C)cc(C3=CSC(=Nc4ccc(S(=O)(=O)N5CCOCC5)cc4)NN3)c2C)cc1. The number of nitrogens with one attached hydrogen (secondary N) is 2. The van der Waals surface area contributed by atoms with E-state index in [1.54, 1.807) is 31.4 Å². The van der Waals surface area contributed by atoms with E-state index in [9.17, 15) is 8.42 Å². The highest BCUT2D eigenvalue weighted by Gasteiger charge is 2.26. The van der Waals surface area contributed by atoms with Crippen molar-refractivity contribution in [2.75, 3.05) is 33.4 Å². The molecule has 2 aliphatic rings. The van der Waals surface area contributed by atoms with Gasteiger partial charge in [0.05, 0.1) is 36.6 Å². The monoisotopic (exact) mass is 539 g/mol. The van der Waals surface area contributed by atoms with Gasteiger partial charge in [-0.1, -0.05) is 11.8 Å². The number of thioether (sulfide) groups is 1. The van der Waals surface area contributed by atoms with Gasteiger partial charge in [0.25, 0.3) is 0 Å². The number of aromatic nitrogens is 1. The fourth-order valence-corrected chi connectivity index (χ4v) is 6.48. The van der Waals surface area contributed by atoms with E-state index in [1.165, 1.54) is 16.1 Å². The summed E-state index contributed by atoms with van der Waals surface area (Å²) in [5.41, 5.74) is 12.4. The molecular formula is C26H29N5O4S2. The molecular weight excluding hydrogens is 510 g/mol. The number of hydrogen-bond donors (Lipinski definition) is 2. The van der Waals surface area contributed by atoms with Crippen molar-refractivity contribution < 1.29 is 17.9 Å². The molecule has 0 atom stereocenters. The second kappa shape index (κ2) is 10.6. The minimum absolute atomic E-state index is 0.259. The number of aliphatic imine (C=N–C) groups is 1. The number of benzene rings is 2. The number of sulfonamides is 1. The normalized spacial score (nSPS) is 17.7. The van der Waals surface area contributed by atoms with Gasteiger partial charge in [-0.2, -0.15) is 4.31 Å². The van der Waals surface area contributed by atoms with E-state index in [-0.39, 0.29) is 4.90 Å². The van der Waals surface area contributed by atoms with Crippen LogP contribution in [-0.2, 0) is 14.8 Å². The van der Waals surface area contributed by atoms with Crippen molar-refractivity contribution in [1.29, 1.82) is 0 Å². The summed E-state index contributed by atoms with van der Waals surface area (Å²) in [5, 5.41) is 2.68. The van der Waals surface area contributed by atoms with Crippen LogP contribution in [0.5, 0.6) is 5.75 Å². The summed E-state index contributed by atoms with van der Waals surface area (Å²) in [6.07, 6.45) is 0. The molecule has 1 saturated heterocycles. The number of hydrazine groups is 1. The van der Waals surface area contributed by atoms with E-state index in [2.05, 4.69) is 40.3 Å². The van der Waals surface area contributed by atoms with Crippen LogP contribution in [0.3, 0.4) is 0 Å². The summed E-state index contributed by atoms with van der Waals surface area (Å²) >= 11 is 1.47. The second-order valence-corrected chi connectivity index (χ2v) is 11.4. The highest BCUT2D eigenvalue weighted by Crippen LogP contribution is 2.29. The summed E-state index contributed by atoms with van der Waals surface area (Å²) in [4.78, 5) is 4.87. The lowest BCUT2D eigenvalue weighted by Crippen LogP contribution is -2.40. The molecule has 2 aromatic carbocycles. The number of aryl methyl sites for hydroxylation is 1. The predicted molar refractivity (Wildman–Crippen MR) is 147 cm³/mol. The molecule has 2 N–H and O–H groups in total. The van der Waals surface area contributed by atoms with Crippen LogP contribution in [0.1, 0.15) is 17.0 Å². The molecule has 11 heteroatoms. The van der Waals surface area contributed by atoms with Gasteiger partial charge in [0.2, 0.25) is 10.0 Å².